The van der Waals surface area contributed by atoms with Gasteiger partial charge in [-0.15, -0.1) is 0 Å². The second-order valence-corrected chi connectivity index (χ2v) is 8.16. The zero-order valence-electron chi connectivity index (χ0n) is 16.1. The molecule has 2 fully saturated rings. The molecule has 1 aliphatic carbocycles. The van der Waals surface area contributed by atoms with Gasteiger partial charge in [0.15, 0.2) is 11.6 Å². The molecule has 1 saturated heterocycles. The minimum Gasteiger partial charge on any atom is -0.506 e. The van der Waals surface area contributed by atoms with Crippen LogP contribution in [0.3, 0.4) is 0 Å². The number of ether oxygens (including phenoxy) is 1. The van der Waals surface area contributed by atoms with Crippen molar-refractivity contribution in [3.8, 4) is 11.5 Å². The largest absolute Gasteiger partial charge is 0.506 e. The number of aromatic hydroxyl groups is 1. The van der Waals surface area contributed by atoms with Gasteiger partial charge < -0.3 is 19.8 Å². The molecule has 0 bridgehead atoms. The summed E-state index contributed by atoms with van der Waals surface area (Å²) in [5, 5.41) is 19.2. The number of hydrogen-bond donors (Lipinski definition) is 2. The van der Waals surface area contributed by atoms with E-state index in [2.05, 4.69) is 9.88 Å². The molecule has 5 nitrogen and oxygen atoms in total. The first-order valence-electron chi connectivity index (χ1n) is 9.93. The Morgan fingerprint density at radius 3 is 2.61 bits per heavy atom. The number of fused-ring (bicyclic) bond motifs is 1. The standard InChI is InChI=1S/C22H27FN2O3/c1-14-3-2-4-21(22(14)23)28-19-7-15-10-25(11-16(15)8-19)12-17(13-26)20-6-5-18(27)9-24-20/h2-6,9,15-17,19,26-27H,7-8,10-13H2,1H3/t15-,16+,17?,19+. The first kappa shape index (κ1) is 19.2. The van der Waals surface area contributed by atoms with E-state index >= 15 is 0 Å². The lowest BCUT2D eigenvalue weighted by atomic mass is 10.0. The summed E-state index contributed by atoms with van der Waals surface area (Å²) in [6.07, 6.45) is 3.37. The molecule has 1 saturated carbocycles. The molecule has 2 heterocycles. The van der Waals surface area contributed by atoms with E-state index in [1.54, 1.807) is 31.2 Å². The Labute approximate surface area is 164 Å². The smallest absolute Gasteiger partial charge is 0.167 e. The van der Waals surface area contributed by atoms with Crippen LogP contribution in [0.4, 0.5) is 4.39 Å². The van der Waals surface area contributed by atoms with Crippen molar-refractivity contribution in [2.24, 2.45) is 11.8 Å². The van der Waals surface area contributed by atoms with E-state index in [1.807, 2.05) is 6.07 Å². The average Bonchev–Trinajstić information content (AvgIpc) is 3.22. The quantitative estimate of drug-likeness (QED) is 0.799. The minimum absolute atomic E-state index is 0.0297. The molecule has 1 unspecified atom stereocenters. The van der Waals surface area contributed by atoms with Gasteiger partial charge in [0.05, 0.1) is 18.9 Å². The van der Waals surface area contributed by atoms with Gasteiger partial charge in [-0.2, -0.15) is 0 Å². The van der Waals surface area contributed by atoms with E-state index in [9.17, 15) is 14.6 Å². The molecule has 2 N–H and O–H groups in total. The molecule has 2 aliphatic rings. The van der Waals surface area contributed by atoms with E-state index in [-0.39, 0.29) is 30.2 Å². The predicted octanol–water partition coefficient (Wildman–Crippen LogP) is 3.10. The first-order chi connectivity index (χ1) is 13.5. The Morgan fingerprint density at radius 1 is 1.21 bits per heavy atom. The van der Waals surface area contributed by atoms with Crippen LogP contribution in [0.5, 0.6) is 11.5 Å². The van der Waals surface area contributed by atoms with Crippen LogP contribution in [0.15, 0.2) is 36.5 Å². The van der Waals surface area contributed by atoms with Crippen LogP contribution >= 0.6 is 0 Å². The Kier molecular flexibility index (Phi) is 5.51. The molecule has 4 atom stereocenters. The van der Waals surface area contributed by atoms with Gasteiger partial charge in [0.2, 0.25) is 0 Å². The molecule has 1 aromatic heterocycles. The maximum atomic E-state index is 14.2. The zero-order chi connectivity index (χ0) is 19.7. The summed E-state index contributed by atoms with van der Waals surface area (Å²) >= 11 is 0. The highest BCUT2D eigenvalue weighted by molar-refractivity contribution is 5.30. The first-order valence-corrected chi connectivity index (χ1v) is 9.93. The van der Waals surface area contributed by atoms with Gasteiger partial charge in [0.1, 0.15) is 5.75 Å². The number of hydrogen-bond acceptors (Lipinski definition) is 5. The third kappa shape index (κ3) is 3.98. The van der Waals surface area contributed by atoms with Crippen molar-refractivity contribution < 1.29 is 19.3 Å². The number of halogens is 1. The second-order valence-electron chi connectivity index (χ2n) is 8.16. The number of aliphatic hydroxyl groups is 1. The molecule has 6 heteroatoms. The number of aryl methyl sites for hydroxylation is 1. The van der Waals surface area contributed by atoms with Crippen molar-refractivity contribution in [3.63, 3.8) is 0 Å². The van der Waals surface area contributed by atoms with E-state index in [1.165, 1.54) is 6.20 Å². The lowest BCUT2D eigenvalue weighted by Gasteiger charge is -2.24. The highest BCUT2D eigenvalue weighted by atomic mass is 19.1. The summed E-state index contributed by atoms with van der Waals surface area (Å²) in [4.78, 5) is 6.63. The monoisotopic (exact) mass is 386 g/mol. The van der Waals surface area contributed by atoms with Crippen molar-refractivity contribution in [1.29, 1.82) is 0 Å². The van der Waals surface area contributed by atoms with Gasteiger partial charge in [-0.25, -0.2) is 4.39 Å². The van der Waals surface area contributed by atoms with Gasteiger partial charge in [0, 0.05) is 31.2 Å². The molecule has 28 heavy (non-hydrogen) atoms. The van der Waals surface area contributed by atoms with E-state index in [0.29, 0.717) is 23.1 Å². The number of aromatic nitrogens is 1. The maximum Gasteiger partial charge on any atom is 0.167 e. The third-order valence-corrected chi connectivity index (χ3v) is 6.12. The lowest BCUT2D eigenvalue weighted by molar-refractivity contribution is 0.170. The lowest BCUT2D eigenvalue weighted by Crippen LogP contribution is -2.30. The summed E-state index contributed by atoms with van der Waals surface area (Å²) in [6, 6.07) is 8.67. The predicted molar refractivity (Wildman–Crippen MR) is 104 cm³/mol. The number of pyridine rings is 1. The summed E-state index contributed by atoms with van der Waals surface area (Å²) in [5.41, 5.74) is 1.41. The van der Waals surface area contributed by atoms with Crippen molar-refractivity contribution in [1.82, 2.24) is 9.88 Å². The molecule has 150 valence electrons. The maximum absolute atomic E-state index is 14.2. The molecule has 4 rings (SSSR count). The van der Waals surface area contributed by atoms with Crippen molar-refractivity contribution in [2.75, 3.05) is 26.2 Å². The Bertz CT molecular complexity index is 800. The van der Waals surface area contributed by atoms with Crippen LogP contribution < -0.4 is 4.74 Å². The minimum atomic E-state index is -0.256. The molecule has 1 aromatic carbocycles. The van der Waals surface area contributed by atoms with Crippen LogP contribution in [0, 0.1) is 24.6 Å². The van der Waals surface area contributed by atoms with E-state index in [4.69, 9.17) is 4.74 Å². The van der Waals surface area contributed by atoms with Gasteiger partial charge in [0.25, 0.3) is 0 Å². The number of nitrogens with zero attached hydrogens (tertiary/aromatic N) is 2. The SMILES string of the molecule is Cc1cccc(O[C@H]2C[C@@H]3CN(CC(CO)c4ccc(O)cn4)C[C@@H]3C2)c1F. The summed E-state index contributed by atoms with van der Waals surface area (Å²) in [6.45, 7) is 4.47. The van der Waals surface area contributed by atoms with Gasteiger partial charge in [-0.1, -0.05) is 12.1 Å². The molecule has 1 aliphatic heterocycles. The van der Waals surface area contributed by atoms with Gasteiger partial charge in [-0.05, 0) is 55.4 Å². The normalized spacial score (nSPS) is 25.6. The third-order valence-electron chi connectivity index (χ3n) is 6.12. The highest BCUT2D eigenvalue weighted by Gasteiger charge is 2.42. The fourth-order valence-electron chi connectivity index (χ4n) is 4.67. The van der Waals surface area contributed by atoms with Crippen molar-refractivity contribution in [3.05, 3.63) is 53.6 Å². The van der Waals surface area contributed by atoms with Crippen molar-refractivity contribution in [2.45, 2.75) is 31.8 Å². The second kappa shape index (κ2) is 8.05. The number of benzene rings is 1. The van der Waals surface area contributed by atoms with Crippen LogP contribution in [0.1, 0.15) is 30.0 Å². The van der Waals surface area contributed by atoms with E-state index in [0.717, 1.165) is 38.2 Å². The molecule has 0 spiro atoms. The summed E-state index contributed by atoms with van der Waals surface area (Å²) in [5.74, 6) is 1.27. The van der Waals surface area contributed by atoms with Crippen LogP contribution in [-0.4, -0.2) is 52.4 Å². The molecular weight excluding hydrogens is 359 g/mol. The number of rotatable bonds is 6. The Hall–Kier alpha value is -2.18. The zero-order valence-corrected chi connectivity index (χ0v) is 16.1. The van der Waals surface area contributed by atoms with E-state index < -0.39 is 0 Å². The topological polar surface area (TPSA) is 65.8 Å². The Morgan fingerprint density at radius 2 is 1.96 bits per heavy atom. The molecular formula is C22H27FN2O3. The van der Waals surface area contributed by atoms with Crippen LogP contribution in [-0.2, 0) is 0 Å². The van der Waals surface area contributed by atoms with Crippen molar-refractivity contribution >= 4 is 0 Å². The summed E-state index contributed by atoms with van der Waals surface area (Å²) in [7, 11) is 0. The molecule has 2 aromatic rings. The fraction of sp³-hybridized carbons (Fsp3) is 0.500. The molecule has 0 radical (unpaired) electrons. The van der Waals surface area contributed by atoms with Crippen LogP contribution in [0.25, 0.3) is 0 Å². The van der Waals surface area contributed by atoms with Gasteiger partial charge >= 0.3 is 0 Å². The average molecular weight is 386 g/mol. The molecule has 0 amide bonds. The Balaban J connectivity index is 1.32. The van der Waals surface area contributed by atoms with Crippen LogP contribution in [0.2, 0.25) is 0 Å². The number of likely N-dealkylation sites (tertiary alicyclic amines) is 1. The number of aliphatic hydroxyl groups excluding tert-OH is 1. The summed E-state index contributed by atoms with van der Waals surface area (Å²) < 4.78 is 20.2. The van der Waals surface area contributed by atoms with Gasteiger partial charge in [-0.3, -0.25) is 4.98 Å². The fourth-order valence-corrected chi connectivity index (χ4v) is 4.67. The highest BCUT2D eigenvalue weighted by Crippen LogP contribution is 2.40.